The first kappa shape index (κ1) is 28.0. The van der Waals surface area contributed by atoms with Gasteiger partial charge < -0.3 is 18.9 Å². The highest BCUT2D eigenvalue weighted by Crippen LogP contribution is 2.40. The molecule has 0 aliphatic rings. The Morgan fingerprint density at radius 2 is 1.08 bits per heavy atom. The third kappa shape index (κ3) is 7.32. The Morgan fingerprint density at radius 3 is 1.51 bits per heavy atom. The molecule has 0 bridgehead atoms. The normalized spacial score (nSPS) is 10.8. The summed E-state index contributed by atoms with van der Waals surface area (Å²) in [5.74, 6) is 0.995. The largest absolute Gasteiger partial charge is 0.493 e. The maximum Gasteiger partial charge on any atom is 0.305 e. The minimum absolute atomic E-state index is 0.219. The van der Waals surface area contributed by atoms with E-state index in [1.165, 1.54) is 0 Å². The Balaban J connectivity index is 1.54. The second-order valence-electron chi connectivity index (χ2n) is 8.63. The quantitative estimate of drug-likeness (QED) is 0.131. The summed E-state index contributed by atoms with van der Waals surface area (Å²) in [6, 6.07) is 19.6. The number of carbonyl (C=O) groups is 2. The third-order valence-electron chi connectivity index (χ3n) is 5.95. The number of aromatic nitrogens is 2. The first-order chi connectivity index (χ1) is 19.1. The van der Waals surface area contributed by atoms with Gasteiger partial charge in [-0.1, -0.05) is 48.5 Å². The van der Waals surface area contributed by atoms with Crippen molar-refractivity contribution in [2.24, 2.45) is 0 Å². The van der Waals surface area contributed by atoms with Crippen molar-refractivity contribution < 1.29 is 28.5 Å². The van der Waals surface area contributed by atoms with Gasteiger partial charge in [0.1, 0.15) is 22.5 Å². The molecule has 0 saturated carbocycles. The minimum atomic E-state index is -0.219. The molecule has 1 heterocycles. The smallest absolute Gasteiger partial charge is 0.305 e. The van der Waals surface area contributed by atoms with Crippen LogP contribution >= 0.6 is 11.7 Å². The van der Waals surface area contributed by atoms with Gasteiger partial charge in [-0.25, -0.2) is 0 Å². The molecule has 39 heavy (non-hydrogen) atoms. The predicted molar refractivity (Wildman–Crippen MR) is 151 cm³/mol. The average Bonchev–Trinajstić information content (AvgIpc) is 3.44. The lowest BCUT2D eigenvalue weighted by molar-refractivity contribution is -0.144. The van der Waals surface area contributed by atoms with Gasteiger partial charge in [-0.15, -0.1) is 0 Å². The highest BCUT2D eigenvalue weighted by Gasteiger charge is 2.18. The van der Waals surface area contributed by atoms with Crippen molar-refractivity contribution in [1.82, 2.24) is 8.75 Å². The molecule has 0 aliphatic heterocycles. The van der Waals surface area contributed by atoms with E-state index in [1.807, 2.05) is 60.7 Å². The van der Waals surface area contributed by atoms with E-state index in [9.17, 15) is 9.59 Å². The van der Waals surface area contributed by atoms with E-state index >= 15 is 0 Å². The highest BCUT2D eigenvalue weighted by molar-refractivity contribution is 7.00. The zero-order chi connectivity index (χ0) is 27.5. The monoisotopic (exact) mass is 548 g/mol. The summed E-state index contributed by atoms with van der Waals surface area (Å²) >= 11 is 1.16. The van der Waals surface area contributed by atoms with Crippen LogP contribution in [0.5, 0.6) is 11.5 Å². The summed E-state index contributed by atoms with van der Waals surface area (Å²) in [5, 5.41) is 0. The van der Waals surface area contributed by atoms with Crippen LogP contribution in [0.2, 0.25) is 0 Å². The second kappa shape index (κ2) is 14.2. The molecule has 0 N–H and O–H groups in total. The van der Waals surface area contributed by atoms with Gasteiger partial charge >= 0.3 is 11.9 Å². The molecular formula is C30H32N2O6S. The van der Waals surface area contributed by atoms with Crippen molar-refractivity contribution >= 4 is 34.7 Å². The molecule has 0 radical (unpaired) electrons. The fourth-order valence-electron chi connectivity index (χ4n) is 4.19. The summed E-state index contributed by atoms with van der Waals surface area (Å²) in [6.07, 6.45) is 1.76. The van der Waals surface area contributed by atoms with Gasteiger partial charge in [-0.2, -0.15) is 8.75 Å². The molecule has 0 unspecified atom stereocenters. The first-order valence-electron chi connectivity index (χ1n) is 13.1. The summed E-state index contributed by atoms with van der Waals surface area (Å²) in [5.41, 5.74) is 5.19. The number of hydrogen-bond acceptors (Lipinski definition) is 9. The van der Waals surface area contributed by atoms with Crippen LogP contribution in [0.25, 0.3) is 33.3 Å². The lowest BCUT2D eigenvalue weighted by Crippen LogP contribution is -2.07. The SMILES string of the molecule is CCOC(=O)CCCOc1ccccc1-c1ccc(-c2ccccc2OCCCC(=O)OCC)c2nsnc12. The molecule has 0 atom stereocenters. The van der Waals surface area contributed by atoms with Crippen LogP contribution in [-0.4, -0.2) is 47.1 Å². The Labute approximate surface area is 232 Å². The Morgan fingerprint density at radius 1 is 0.641 bits per heavy atom. The van der Waals surface area contributed by atoms with Gasteiger partial charge in [0.05, 0.1) is 38.2 Å². The maximum absolute atomic E-state index is 11.6. The van der Waals surface area contributed by atoms with E-state index in [1.54, 1.807) is 13.8 Å². The molecule has 0 saturated heterocycles. The fourth-order valence-corrected chi connectivity index (χ4v) is 4.77. The van der Waals surface area contributed by atoms with Crippen molar-refractivity contribution in [3.05, 3.63) is 60.7 Å². The molecule has 204 valence electrons. The number of esters is 2. The summed E-state index contributed by atoms with van der Waals surface area (Å²) in [4.78, 5) is 23.3. The standard InChI is InChI=1S/C30H32N2O6S/c1-3-35-27(33)15-9-19-37-25-13-7-5-11-21(25)23-17-18-24(30-29(23)31-39-32-30)22-12-6-8-14-26(22)38-20-10-16-28(34)36-4-2/h5-8,11-14,17-18H,3-4,9-10,15-16,19-20H2,1-2H3. The van der Waals surface area contributed by atoms with E-state index < -0.39 is 0 Å². The van der Waals surface area contributed by atoms with Crippen LogP contribution in [-0.2, 0) is 19.1 Å². The van der Waals surface area contributed by atoms with Crippen molar-refractivity contribution in [2.75, 3.05) is 26.4 Å². The number of ether oxygens (including phenoxy) is 4. The minimum Gasteiger partial charge on any atom is -0.493 e. The van der Waals surface area contributed by atoms with Gasteiger partial charge in [0.2, 0.25) is 0 Å². The molecule has 0 fully saturated rings. The Kier molecular flexibility index (Phi) is 10.2. The molecule has 4 rings (SSSR count). The predicted octanol–water partition coefficient (Wildman–Crippen LogP) is 6.47. The summed E-state index contributed by atoms with van der Waals surface area (Å²) in [7, 11) is 0. The first-order valence-corrected chi connectivity index (χ1v) is 13.9. The molecule has 1 aromatic heterocycles. The number of para-hydroxylation sites is 2. The van der Waals surface area contributed by atoms with Gasteiger partial charge in [0.15, 0.2) is 0 Å². The molecule has 0 aliphatic carbocycles. The topological polar surface area (TPSA) is 96.8 Å². The number of benzene rings is 3. The van der Waals surface area contributed by atoms with E-state index in [-0.39, 0.29) is 11.9 Å². The summed E-state index contributed by atoms with van der Waals surface area (Å²) in [6.45, 7) is 5.14. The zero-order valence-corrected chi connectivity index (χ0v) is 23.0. The number of hydrogen-bond donors (Lipinski definition) is 0. The van der Waals surface area contributed by atoms with Crippen LogP contribution in [0, 0.1) is 0 Å². The number of rotatable bonds is 14. The van der Waals surface area contributed by atoms with Crippen molar-refractivity contribution in [2.45, 2.75) is 39.5 Å². The van der Waals surface area contributed by atoms with Crippen molar-refractivity contribution in [3.8, 4) is 33.8 Å². The summed E-state index contributed by atoms with van der Waals surface area (Å²) < 4.78 is 31.4. The molecule has 0 amide bonds. The zero-order valence-electron chi connectivity index (χ0n) is 22.2. The van der Waals surface area contributed by atoms with Gasteiger partial charge in [0.25, 0.3) is 0 Å². The average molecular weight is 549 g/mol. The van der Waals surface area contributed by atoms with E-state index in [4.69, 9.17) is 18.9 Å². The second-order valence-corrected chi connectivity index (χ2v) is 9.16. The van der Waals surface area contributed by atoms with Crippen molar-refractivity contribution in [1.29, 1.82) is 0 Å². The number of nitrogens with zero attached hydrogens (tertiary/aromatic N) is 2. The molecule has 9 heteroatoms. The van der Waals surface area contributed by atoms with Crippen LogP contribution in [0.4, 0.5) is 0 Å². The Bertz CT molecular complexity index is 1300. The van der Waals surface area contributed by atoms with Crippen LogP contribution in [0.15, 0.2) is 60.7 Å². The fraction of sp³-hybridized carbons (Fsp3) is 0.333. The highest BCUT2D eigenvalue weighted by atomic mass is 32.1. The van der Waals surface area contributed by atoms with E-state index in [2.05, 4.69) is 8.75 Å². The van der Waals surface area contributed by atoms with E-state index in [0.29, 0.717) is 63.6 Å². The van der Waals surface area contributed by atoms with Crippen molar-refractivity contribution in [3.63, 3.8) is 0 Å². The third-order valence-corrected chi connectivity index (χ3v) is 6.47. The van der Waals surface area contributed by atoms with Crippen LogP contribution < -0.4 is 9.47 Å². The van der Waals surface area contributed by atoms with Crippen LogP contribution in [0.3, 0.4) is 0 Å². The molecule has 0 spiro atoms. The molecule has 8 nitrogen and oxygen atoms in total. The molecule has 4 aromatic rings. The van der Waals surface area contributed by atoms with Gasteiger partial charge in [-0.05, 0) is 38.8 Å². The molecular weight excluding hydrogens is 516 g/mol. The van der Waals surface area contributed by atoms with E-state index in [0.717, 1.165) is 45.0 Å². The lowest BCUT2D eigenvalue weighted by atomic mass is 9.97. The van der Waals surface area contributed by atoms with Crippen LogP contribution in [0.1, 0.15) is 39.5 Å². The number of carbonyl (C=O) groups excluding carboxylic acids is 2. The van der Waals surface area contributed by atoms with Gasteiger partial charge in [0, 0.05) is 35.1 Å². The number of fused-ring (bicyclic) bond motifs is 1. The lowest BCUT2D eigenvalue weighted by Gasteiger charge is -2.14. The maximum atomic E-state index is 11.6. The Hall–Kier alpha value is -3.98. The molecule has 3 aromatic carbocycles. The van der Waals surface area contributed by atoms with Gasteiger partial charge in [-0.3, -0.25) is 9.59 Å².